The number of hydrogen-bond acceptors (Lipinski definition) is 5. The third kappa shape index (κ3) is 3.78. The molecule has 8 nitrogen and oxygen atoms in total. The van der Waals surface area contributed by atoms with Crippen molar-refractivity contribution in [2.45, 2.75) is 52.1 Å². The highest BCUT2D eigenvalue weighted by Gasteiger charge is 2.62. The largest absolute Gasteiger partial charge is 0.452 e. The van der Waals surface area contributed by atoms with Gasteiger partial charge < -0.3 is 15.0 Å². The van der Waals surface area contributed by atoms with Gasteiger partial charge in [-0.25, -0.2) is 4.79 Å². The zero-order chi connectivity index (χ0) is 21.9. The molecule has 3 rings (SSSR count). The normalized spacial score (nSPS) is 20.3. The van der Waals surface area contributed by atoms with Gasteiger partial charge in [-0.3, -0.25) is 19.3 Å². The Balaban J connectivity index is 1.93. The zero-order valence-electron chi connectivity index (χ0n) is 17.8. The summed E-state index contributed by atoms with van der Waals surface area (Å²) >= 11 is 0. The monoisotopic (exact) mass is 415 g/mol. The van der Waals surface area contributed by atoms with Crippen LogP contribution in [0.1, 0.15) is 56.8 Å². The molecule has 0 spiro atoms. The number of carbonyl (C=O) groups is 4. The first-order chi connectivity index (χ1) is 14.3. The number of nitrogens with one attached hydrogen (secondary N) is 1. The maximum atomic E-state index is 13.3. The molecule has 0 aromatic heterocycles. The number of fused-ring (bicyclic) bond motifs is 3. The third-order valence-electron chi connectivity index (χ3n) is 5.44. The number of amides is 3. The fraction of sp³-hybridized carbons (Fsp3) is 0.545. The molecular formula is C22H29N3O5. The van der Waals surface area contributed by atoms with Crippen molar-refractivity contribution >= 4 is 29.4 Å². The quantitative estimate of drug-likeness (QED) is 0.518. The van der Waals surface area contributed by atoms with E-state index in [1.165, 1.54) is 9.80 Å². The minimum atomic E-state index is -1.56. The lowest BCUT2D eigenvalue weighted by atomic mass is 9.95. The first-order valence-electron chi connectivity index (χ1n) is 10.5. The molecule has 30 heavy (non-hydrogen) atoms. The van der Waals surface area contributed by atoms with Crippen LogP contribution in [0.3, 0.4) is 0 Å². The van der Waals surface area contributed by atoms with E-state index in [0.717, 1.165) is 12.8 Å². The molecule has 0 aliphatic carbocycles. The van der Waals surface area contributed by atoms with E-state index in [9.17, 15) is 19.2 Å². The Morgan fingerprint density at radius 3 is 2.67 bits per heavy atom. The number of anilines is 1. The second kappa shape index (κ2) is 8.85. The molecule has 1 N–H and O–H groups in total. The summed E-state index contributed by atoms with van der Waals surface area (Å²) in [5.41, 5.74) is -0.764. The van der Waals surface area contributed by atoms with Crippen LogP contribution in [0.15, 0.2) is 24.3 Å². The zero-order valence-corrected chi connectivity index (χ0v) is 17.8. The molecule has 2 aliphatic rings. The molecule has 0 radical (unpaired) electrons. The minimum absolute atomic E-state index is 0.0683. The van der Waals surface area contributed by atoms with Gasteiger partial charge in [-0.1, -0.05) is 39.3 Å². The molecule has 2 aliphatic heterocycles. The number of hydrogen-bond donors (Lipinski definition) is 1. The molecular weight excluding hydrogens is 386 g/mol. The van der Waals surface area contributed by atoms with Crippen molar-refractivity contribution in [2.24, 2.45) is 5.92 Å². The highest BCUT2D eigenvalue weighted by atomic mass is 16.5. The number of nitrogens with zero attached hydrogens (tertiary/aromatic N) is 2. The van der Waals surface area contributed by atoms with E-state index in [-0.39, 0.29) is 37.1 Å². The first kappa shape index (κ1) is 21.8. The Morgan fingerprint density at radius 1 is 1.23 bits per heavy atom. The fourth-order valence-corrected chi connectivity index (χ4v) is 4.07. The Hall–Kier alpha value is -2.90. The van der Waals surface area contributed by atoms with E-state index >= 15 is 0 Å². The van der Waals surface area contributed by atoms with Gasteiger partial charge in [0.1, 0.15) is 0 Å². The summed E-state index contributed by atoms with van der Waals surface area (Å²) in [6.07, 6.45) is 2.02. The number of para-hydroxylation sites is 1. The molecule has 162 valence electrons. The van der Waals surface area contributed by atoms with Crippen molar-refractivity contribution < 1.29 is 23.9 Å². The maximum absolute atomic E-state index is 13.3. The van der Waals surface area contributed by atoms with Gasteiger partial charge in [0.2, 0.25) is 11.6 Å². The van der Waals surface area contributed by atoms with Gasteiger partial charge >= 0.3 is 5.97 Å². The van der Waals surface area contributed by atoms with Crippen molar-refractivity contribution in [3.63, 3.8) is 0 Å². The van der Waals surface area contributed by atoms with E-state index in [0.29, 0.717) is 17.8 Å². The van der Waals surface area contributed by atoms with Crippen molar-refractivity contribution in [1.29, 1.82) is 0 Å². The van der Waals surface area contributed by atoms with Crippen LogP contribution in [0.2, 0.25) is 0 Å². The van der Waals surface area contributed by atoms with Crippen molar-refractivity contribution in [2.75, 3.05) is 24.6 Å². The van der Waals surface area contributed by atoms with E-state index in [1.54, 1.807) is 24.3 Å². The average molecular weight is 415 g/mol. The van der Waals surface area contributed by atoms with E-state index in [1.807, 2.05) is 20.8 Å². The molecule has 0 bridgehead atoms. The molecule has 8 heteroatoms. The van der Waals surface area contributed by atoms with Crippen LogP contribution in [0.5, 0.6) is 0 Å². The SMILES string of the molecule is CCCCNC(=O)COC(=O)[C@]12CCC(=O)N1c1ccccc1C(=O)N2CC(C)C. The molecule has 0 saturated carbocycles. The molecule has 1 fully saturated rings. The summed E-state index contributed by atoms with van der Waals surface area (Å²) in [4.78, 5) is 54.4. The molecule has 1 saturated heterocycles. The Kier molecular flexibility index (Phi) is 6.43. The van der Waals surface area contributed by atoms with Crippen LogP contribution < -0.4 is 10.2 Å². The van der Waals surface area contributed by atoms with Gasteiger partial charge in [0.05, 0.1) is 11.3 Å². The molecule has 1 atom stereocenters. The lowest BCUT2D eigenvalue weighted by Gasteiger charge is -2.48. The number of carbonyl (C=O) groups excluding carboxylic acids is 4. The highest BCUT2D eigenvalue weighted by Crippen LogP contribution is 2.45. The minimum Gasteiger partial charge on any atom is -0.452 e. The molecule has 2 heterocycles. The van der Waals surface area contributed by atoms with Gasteiger partial charge in [-0.2, -0.15) is 0 Å². The number of benzene rings is 1. The summed E-state index contributed by atoms with van der Waals surface area (Å²) in [6.45, 7) is 6.24. The Bertz CT molecular complexity index is 853. The van der Waals surface area contributed by atoms with Gasteiger partial charge in [0, 0.05) is 25.9 Å². The number of unbranched alkanes of at least 4 members (excludes halogenated alkanes) is 1. The van der Waals surface area contributed by atoms with Crippen LogP contribution in [-0.2, 0) is 19.1 Å². The van der Waals surface area contributed by atoms with Gasteiger partial charge in [0.25, 0.3) is 11.8 Å². The van der Waals surface area contributed by atoms with Crippen molar-refractivity contribution in [3.8, 4) is 0 Å². The summed E-state index contributed by atoms with van der Waals surface area (Å²) in [5, 5.41) is 2.70. The summed E-state index contributed by atoms with van der Waals surface area (Å²) in [7, 11) is 0. The fourth-order valence-electron chi connectivity index (χ4n) is 4.07. The molecule has 1 aromatic carbocycles. The second-order valence-corrected chi connectivity index (χ2v) is 8.15. The predicted molar refractivity (Wildman–Crippen MR) is 111 cm³/mol. The summed E-state index contributed by atoms with van der Waals surface area (Å²) in [6, 6.07) is 6.79. The van der Waals surface area contributed by atoms with Crippen molar-refractivity contribution in [3.05, 3.63) is 29.8 Å². The van der Waals surface area contributed by atoms with Crippen LogP contribution in [0.4, 0.5) is 5.69 Å². The number of ether oxygens (including phenoxy) is 1. The maximum Gasteiger partial charge on any atom is 0.354 e. The van der Waals surface area contributed by atoms with E-state index in [2.05, 4.69) is 5.32 Å². The van der Waals surface area contributed by atoms with Crippen LogP contribution in [0.25, 0.3) is 0 Å². The van der Waals surface area contributed by atoms with Gasteiger partial charge in [-0.15, -0.1) is 0 Å². The van der Waals surface area contributed by atoms with E-state index in [4.69, 9.17) is 4.74 Å². The number of rotatable bonds is 8. The highest BCUT2D eigenvalue weighted by molar-refractivity contribution is 6.15. The van der Waals surface area contributed by atoms with Crippen molar-refractivity contribution in [1.82, 2.24) is 10.2 Å². The lowest BCUT2D eigenvalue weighted by molar-refractivity contribution is -0.160. The second-order valence-electron chi connectivity index (χ2n) is 8.15. The summed E-state index contributed by atoms with van der Waals surface area (Å²) < 4.78 is 5.36. The lowest BCUT2D eigenvalue weighted by Crippen LogP contribution is -2.69. The molecule has 0 unspecified atom stereocenters. The summed E-state index contributed by atoms with van der Waals surface area (Å²) in [5.74, 6) is -1.63. The Morgan fingerprint density at radius 2 is 1.97 bits per heavy atom. The van der Waals surface area contributed by atoms with E-state index < -0.39 is 24.1 Å². The van der Waals surface area contributed by atoms with Crippen LogP contribution >= 0.6 is 0 Å². The average Bonchev–Trinajstić information content (AvgIpc) is 3.07. The third-order valence-corrected chi connectivity index (χ3v) is 5.44. The molecule has 1 aromatic rings. The topological polar surface area (TPSA) is 96.0 Å². The Labute approximate surface area is 176 Å². The number of esters is 1. The van der Waals surface area contributed by atoms with Crippen LogP contribution in [0, 0.1) is 5.92 Å². The standard InChI is InChI=1S/C22H29N3O5/c1-4-5-12-23-18(26)14-30-21(29)22-11-10-19(27)25(22)17-9-7-6-8-16(17)20(28)24(22)13-15(2)3/h6-9,15H,4-5,10-14H2,1-3H3,(H,23,26)/t22-/m0/s1. The molecule has 3 amide bonds. The smallest absolute Gasteiger partial charge is 0.354 e. The van der Waals surface area contributed by atoms with Crippen LogP contribution in [-0.4, -0.2) is 54.0 Å². The predicted octanol–water partition coefficient (Wildman–Crippen LogP) is 2.08. The first-order valence-corrected chi connectivity index (χ1v) is 10.5. The van der Waals surface area contributed by atoms with Gasteiger partial charge in [-0.05, 0) is 24.5 Å². The van der Waals surface area contributed by atoms with Gasteiger partial charge in [0.15, 0.2) is 6.61 Å².